The van der Waals surface area contributed by atoms with Gasteiger partial charge in [0.1, 0.15) is 0 Å². The average Bonchev–Trinajstić information content (AvgIpc) is 2.92. The summed E-state index contributed by atoms with van der Waals surface area (Å²) in [6.45, 7) is 4.19. The molecule has 0 atom stereocenters. The second-order valence-electron chi connectivity index (χ2n) is 5.00. The van der Waals surface area contributed by atoms with Crippen LogP contribution in [0.4, 0.5) is 11.6 Å². The summed E-state index contributed by atoms with van der Waals surface area (Å²) < 4.78 is 3.13. The van der Waals surface area contributed by atoms with Gasteiger partial charge in [0.2, 0.25) is 5.95 Å². The zero-order chi connectivity index (χ0) is 14.8. The number of hydrogen-bond donors (Lipinski definition) is 1. The van der Waals surface area contributed by atoms with E-state index in [2.05, 4.69) is 64.3 Å². The standard InChI is InChI=1S/C17H16BrN3/c1-12-10-14(18)11-13(2)16(12)20-17-19-8-9-21(17)15-6-4-3-5-7-15/h3-11H,1-2H3,(H,19,20). The Morgan fingerprint density at radius 3 is 2.38 bits per heavy atom. The summed E-state index contributed by atoms with van der Waals surface area (Å²) >= 11 is 3.53. The van der Waals surface area contributed by atoms with Gasteiger partial charge in [-0.3, -0.25) is 4.57 Å². The van der Waals surface area contributed by atoms with Crippen LogP contribution in [0.5, 0.6) is 0 Å². The van der Waals surface area contributed by atoms with Gasteiger partial charge in [-0.15, -0.1) is 0 Å². The van der Waals surface area contributed by atoms with Gasteiger partial charge in [-0.1, -0.05) is 34.1 Å². The molecule has 0 unspecified atom stereocenters. The molecule has 4 heteroatoms. The molecular weight excluding hydrogens is 326 g/mol. The average molecular weight is 342 g/mol. The van der Waals surface area contributed by atoms with Crippen molar-refractivity contribution in [1.29, 1.82) is 0 Å². The Morgan fingerprint density at radius 2 is 1.71 bits per heavy atom. The summed E-state index contributed by atoms with van der Waals surface area (Å²) in [5, 5.41) is 3.45. The zero-order valence-electron chi connectivity index (χ0n) is 12.0. The molecule has 3 rings (SSSR count). The van der Waals surface area contributed by atoms with Crippen LogP contribution in [0.2, 0.25) is 0 Å². The molecule has 3 aromatic rings. The van der Waals surface area contributed by atoms with Crippen LogP contribution in [0.15, 0.2) is 59.3 Å². The van der Waals surface area contributed by atoms with Crippen molar-refractivity contribution in [2.75, 3.05) is 5.32 Å². The van der Waals surface area contributed by atoms with Crippen molar-refractivity contribution in [3.8, 4) is 5.69 Å². The van der Waals surface area contributed by atoms with Crippen LogP contribution in [0.25, 0.3) is 5.69 Å². The van der Waals surface area contributed by atoms with E-state index in [9.17, 15) is 0 Å². The molecule has 0 aliphatic rings. The van der Waals surface area contributed by atoms with Crippen molar-refractivity contribution in [1.82, 2.24) is 9.55 Å². The maximum Gasteiger partial charge on any atom is 0.212 e. The predicted octanol–water partition coefficient (Wildman–Crippen LogP) is 5.00. The molecule has 0 spiro atoms. The van der Waals surface area contributed by atoms with E-state index < -0.39 is 0 Å². The predicted molar refractivity (Wildman–Crippen MR) is 90.5 cm³/mol. The summed E-state index contributed by atoms with van der Waals surface area (Å²) in [7, 11) is 0. The first-order valence-electron chi connectivity index (χ1n) is 6.77. The van der Waals surface area contributed by atoms with Crippen LogP contribution in [0, 0.1) is 13.8 Å². The normalized spacial score (nSPS) is 10.6. The maximum absolute atomic E-state index is 4.43. The molecule has 3 nitrogen and oxygen atoms in total. The third-order valence-corrected chi connectivity index (χ3v) is 3.87. The van der Waals surface area contributed by atoms with Gasteiger partial charge in [-0.2, -0.15) is 0 Å². The molecule has 2 aromatic carbocycles. The van der Waals surface area contributed by atoms with Gasteiger partial charge in [0.05, 0.1) is 0 Å². The SMILES string of the molecule is Cc1cc(Br)cc(C)c1Nc1nccn1-c1ccccc1. The molecule has 21 heavy (non-hydrogen) atoms. The Balaban J connectivity index is 1.99. The van der Waals surface area contributed by atoms with Crippen molar-refractivity contribution >= 4 is 27.6 Å². The highest BCUT2D eigenvalue weighted by molar-refractivity contribution is 9.10. The topological polar surface area (TPSA) is 29.9 Å². The van der Waals surface area contributed by atoms with Gasteiger partial charge in [0.15, 0.2) is 0 Å². The molecule has 1 aromatic heterocycles. The summed E-state index contributed by atoms with van der Waals surface area (Å²) in [4.78, 5) is 4.43. The lowest BCUT2D eigenvalue weighted by molar-refractivity contribution is 1.06. The van der Waals surface area contributed by atoms with Crippen LogP contribution >= 0.6 is 15.9 Å². The highest BCUT2D eigenvalue weighted by Gasteiger charge is 2.09. The van der Waals surface area contributed by atoms with Crippen LogP contribution in [-0.4, -0.2) is 9.55 Å². The Bertz CT molecular complexity index is 740. The fourth-order valence-electron chi connectivity index (χ4n) is 2.41. The molecule has 0 bridgehead atoms. The second kappa shape index (κ2) is 5.74. The van der Waals surface area contributed by atoms with Crippen molar-refractivity contribution < 1.29 is 0 Å². The Labute approximate surface area is 132 Å². The third-order valence-electron chi connectivity index (χ3n) is 3.41. The first-order chi connectivity index (χ1) is 10.1. The third kappa shape index (κ3) is 2.85. The van der Waals surface area contributed by atoms with Crippen molar-refractivity contribution in [2.24, 2.45) is 0 Å². The van der Waals surface area contributed by atoms with Crippen LogP contribution in [0.1, 0.15) is 11.1 Å². The first-order valence-corrected chi connectivity index (χ1v) is 7.57. The van der Waals surface area contributed by atoms with Crippen molar-refractivity contribution in [2.45, 2.75) is 13.8 Å². The van der Waals surface area contributed by atoms with Crippen LogP contribution < -0.4 is 5.32 Å². The van der Waals surface area contributed by atoms with Crippen molar-refractivity contribution in [3.63, 3.8) is 0 Å². The van der Waals surface area contributed by atoms with Crippen LogP contribution in [0.3, 0.4) is 0 Å². The molecule has 0 saturated heterocycles. The van der Waals surface area contributed by atoms with Crippen molar-refractivity contribution in [3.05, 3.63) is 70.5 Å². The number of rotatable bonds is 3. The van der Waals surface area contributed by atoms with E-state index in [4.69, 9.17) is 0 Å². The fraction of sp³-hybridized carbons (Fsp3) is 0.118. The van der Waals surface area contributed by atoms with E-state index in [-0.39, 0.29) is 0 Å². The van der Waals surface area contributed by atoms with E-state index in [1.54, 1.807) is 6.20 Å². The van der Waals surface area contributed by atoms with Gasteiger partial charge in [0, 0.05) is 28.2 Å². The molecular formula is C17H16BrN3. The molecule has 0 amide bonds. The summed E-state index contributed by atoms with van der Waals surface area (Å²) in [6, 6.07) is 14.4. The van der Waals surface area contributed by atoms with Gasteiger partial charge in [-0.25, -0.2) is 4.98 Å². The van der Waals surface area contributed by atoms with Gasteiger partial charge < -0.3 is 5.32 Å². The number of nitrogens with one attached hydrogen (secondary N) is 1. The number of nitrogens with zero attached hydrogens (tertiary/aromatic N) is 2. The maximum atomic E-state index is 4.43. The number of anilines is 2. The zero-order valence-corrected chi connectivity index (χ0v) is 13.6. The van der Waals surface area contributed by atoms with E-state index in [0.717, 1.165) is 21.8 Å². The number of para-hydroxylation sites is 1. The lowest BCUT2D eigenvalue weighted by atomic mass is 10.1. The molecule has 1 N–H and O–H groups in total. The monoisotopic (exact) mass is 341 g/mol. The van der Waals surface area contributed by atoms with E-state index in [1.807, 2.05) is 29.0 Å². The molecule has 0 fully saturated rings. The minimum absolute atomic E-state index is 0.815. The first kappa shape index (κ1) is 13.9. The van der Waals surface area contributed by atoms with Crippen LogP contribution in [-0.2, 0) is 0 Å². The highest BCUT2D eigenvalue weighted by Crippen LogP contribution is 2.28. The second-order valence-corrected chi connectivity index (χ2v) is 5.91. The number of halogens is 1. The molecule has 0 radical (unpaired) electrons. The molecule has 106 valence electrons. The summed E-state index contributed by atoms with van der Waals surface area (Å²) in [5.74, 6) is 0.815. The fourth-order valence-corrected chi connectivity index (χ4v) is 3.10. The minimum Gasteiger partial charge on any atom is -0.325 e. The quantitative estimate of drug-likeness (QED) is 0.726. The largest absolute Gasteiger partial charge is 0.325 e. The number of imidazole rings is 1. The highest BCUT2D eigenvalue weighted by atomic mass is 79.9. The summed E-state index contributed by atoms with van der Waals surface area (Å²) in [6.07, 6.45) is 3.76. The molecule has 0 saturated carbocycles. The van der Waals surface area contributed by atoms with E-state index in [1.165, 1.54) is 11.1 Å². The smallest absolute Gasteiger partial charge is 0.212 e. The molecule has 1 heterocycles. The summed E-state index contributed by atoms with van der Waals surface area (Å²) in [5.41, 5.74) is 4.56. The van der Waals surface area contributed by atoms with E-state index in [0.29, 0.717) is 0 Å². The Kier molecular flexibility index (Phi) is 3.80. The number of aromatic nitrogens is 2. The van der Waals surface area contributed by atoms with Gasteiger partial charge >= 0.3 is 0 Å². The minimum atomic E-state index is 0.815. The van der Waals surface area contributed by atoms with Gasteiger partial charge in [0.25, 0.3) is 0 Å². The number of hydrogen-bond acceptors (Lipinski definition) is 2. The molecule has 0 aliphatic heterocycles. The number of aryl methyl sites for hydroxylation is 2. The Morgan fingerprint density at radius 1 is 1.05 bits per heavy atom. The van der Waals surface area contributed by atoms with E-state index >= 15 is 0 Å². The lowest BCUT2D eigenvalue weighted by Crippen LogP contribution is -2.03. The van der Waals surface area contributed by atoms with Gasteiger partial charge in [-0.05, 0) is 49.2 Å². The Hall–Kier alpha value is -2.07. The molecule has 0 aliphatic carbocycles. The number of benzene rings is 2. The lowest BCUT2D eigenvalue weighted by Gasteiger charge is -2.14.